The summed E-state index contributed by atoms with van der Waals surface area (Å²) in [5.41, 5.74) is 0.646. The number of carbonyl (C=O) groups is 2. The van der Waals surface area contributed by atoms with Gasteiger partial charge in [0.1, 0.15) is 17.4 Å². The Morgan fingerprint density at radius 3 is 2.64 bits per heavy atom. The van der Waals surface area contributed by atoms with E-state index in [0.29, 0.717) is 23.7 Å². The van der Waals surface area contributed by atoms with Gasteiger partial charge < -0.3 is 24.3 Å². The molecule has 8 nitrogen and oxygen atoms in total. The minimum absolute atomic E-state index is 0.174. The average Bonchev–Trinajstić information content (AvgIpc) is 2.62. The lowest BCUT2D eigenvalue weighted by molar-refractivity contribution is -0.143. The molecule has 0 radical (unpaired) electrons. The molecule has 1 N–H and O–H groups in total. The van der Waals surface area contributed by atoms with Crippen LogP contribution in [0, 0.1) is 6.92 Å². The molecular formula is C20H30N2O6. The van der Waals surface area contributed by atoms with Crippen molar-refractivity contribution in [2.75, 3.05) is 13.7 Å². The number of methoxy groups -OCH3 is 1. The number of ether oxygens (including phenoxy) is 4. The fraction of sp³-hybridized carbons (Fsp3) is 0.650. The van der Waals surface area contributed by atoms with Gasteiger partial charge in [0.05, 0.1) is 19.4 Å². The zero-order valence-corrected chi connectivity index (χ0v) is 17.2. The van der Waals surface area contributed by atoms with E-state index in [-0.39, 0.29) is 12.7 Å². The summed E-state index contributed by atoms with van der Waals surface area (Å²) in [6, 6.07) is 2.66. The highest BCUT2D eigenvalue weighted by atomic mass is 16.7. The summed E-state index contributed by atoms with van der Waals surface area (Å²) < 4.78 is 21.5. The van der Waals surface area contributed by atoms with Crippen LogP contribution in [0.25, 0.3) is 0 Å². The number of aromatic nitrogens is 1. The summed E-state index contributed by atoms with van der Waals surface area (Å²) in [7, 11) is 1.27. The first-order valence-corrected chi connectivity index (χ1v) is 9.50. The van der Waals surface area contributed by atoms with Gasteiger partial charge in [-0.2, -0.15) is 0 Å². The Morgan fingerprint density at radius 2 is 2.07 bits per heavy atom. The number of hydrogen-bond donors (Lipinski definition) is 1. The Labute approximate surface area is 165 Å². The molecule has 1 aliphatic rings. The predicted molar refractivity (Wildman–Crippen MR) is 102 cm³/mol. The number of carbonyl (C=O) groups excluding carboxylic acids is 2. The highest BCUT2D eigenvalue weighted by Gasteiger charge is 2.26. The number of pyridine rings is 1. The van der Waals surface area contributed by atoms with E-state index >= 15 is 0 Å². The fourth-order valence-electron chi connectivity index (χ4n) is 2.78. The topological polar surface area (TPSA) is 96.0 Å². The zero-order valence-electron chi connectivity index (χ0n) is 17.2. The van der Waals surface area contributed by atoms with Crippen molar-refractivity contribution in [2.24, 2.45) is 0 Å². The molecule has 2 rings (SSSR count). The predicted octanol–water partition coefficient (Wildman–Crippen LogP) is 2.90. The maximum Gasteiger partial charge on any atom is 0.408 e. The lowest BCUT2D eigenvalue weighted by atomic mass is 10.1. The molecule has 0 aromatic carbocycles. The maximum atomic E-state index is 12.1. The van der Waals surface area contributed by atoms with Gasteiger partial charge in [-0.3, -0.25) is 4.98 Å². The molecule has 0 bridgehead atoms. The molecule has 1 fully saturated rings. The van der Waals surface area contributed by atoms with E-state index in [2.05, 4.69) is 10.3 Å². The van der Waals surface area contributed by atoms with Gasteiger partial charge in [-0.05, 0) is 52.7 Å². The molecule has 8 heteroatoms. The minimum atomic E-state index is -0.903. The number of amides is 1. The van der Waals surface area contributed by atoms with E-state index < -0.39 is 23.7 Å². The van der Waals surface area contributed by atoms with Crippen molar-refractivity contribution in [1.29, 1.82) is 0 Å². The van der Waals surface area contributed by atoms with E-state index in [4.69, 9.17) is 18.9 Å². The molecule has 156 valence electrons. The van der Waals surface area contributed by atoms with Crippen LogP contribution in [-0.4, -0.2) is 48.7 Å². The summed E-state index contributed by atoms with van der Waals surface area (Å²) in [6.07, 6.45) is 2.21. The van der Waals surface area contributed by atoms with Crippen LogP contribution in [0.15, 0.2) is 12.1 Å². The largest absolute Gasteiger partial charge is 0.467 e. The van der Waals surface area contributed by atoms with Crippen molar-refractivity contribution in [1.82, 2.24) is 10.3 Å². The van der Waals surface area contributed by atoms with Gasteiger partial charge in [-0.15, -0.1) is 0 Å². The maximum absolute atomic E-state index is 12.1. The lowest BCUT2D eigenvalue weighted by Crippen LogP contribution is -2.45. The molecule has 1 saturated heterocycles. The SMILES string of the molecule is COC(=O)C(Cc1ccc(OC2CCCCO2)c(C)n1)NC(=O)OC(C)(C)C. The molecule has 1 aromatic heterocycles. The van der Waals surface area contributed by atoms with E-state index in [0.717, 1.165) is 19.3 Å². The lowest BCUT2D eigenvalue weighted by Gasteiger charge is -2.24. The number of rotatable bonds is 6. The summed E-state index contributed by atoms with van der Waals surface area (Å²) in [5, 5.41) is 2.55. The van der Waals surface area contributed by atoms with Gasteiger partial charge >= 0.3 is 12.1 Å². The molecule has 0 aliphatic carbocycles. The molecule has 28 heavy (non-hydrogen) atoms. The zero-order chi connectivity index (χ0) is 20.7. The molecule has 1 aromatic rings. The first-order valence-electron chi connectivity index (χ1n) is 9.50. The highest BCUT2D eigenvalue weighted by molar-refractivity contribution is 5.81. The summed E-state index contributed by atoms with van der Waals surface area (Å²) >= 11 is 0. The number of esters is 1. The van der Waals surface area contributed by atoms with E-state index in [1.54, 1.807) is 32.9 Å². The van der Waals surface area contributed by atoms with Gasteiger partial charge in [-0.1, -0.05) is 0 Å². The quantitative estimate of drug-likeness (QED) is 0.741. The van der Waals surface area contributed by atoms with Crippen molar-refractivity contribution < 1.29 is 28.5 Å². The summed E-state index contributed by atoms with van der Waals surface area (Å²) in [5.74, 6) is 0.0756. The van der Waals surface area contributed by atoms with Crippen LogP contribution in [0.3, 0.4) is 0 Å². The van der Waals surface area contributed by atoms with Crippen molar-refractivity contribution in [3.8, 4) is 5.75 Å². The van der Waals surface area contributed by atoms with Gasteiger partial charge in [0.25, 0.3) is 0 Å². The Bertz CT molecular complexity index is 680. The smallest absolute Gasteiger partial charge is 0.408 e. The van der Waals surface area contributed by atoms with Crippen LogP contribution in [0.4, 0.5) is 4.79 Å². The van der Waals surface area contributed by atoms with E-state index in [1.165, 1.54) is 7.11 Å². The molecule has 2 unspecified atom stereocenters. The molecule has 0 saturated carbocycles. The Kier molecular flexibility index (Phi) is 7.62. The minimum Gasteiger partial charge on any atom is -0.467 e. The molecule has 2 atom stereocenters. The summed E-state index contributed by atoms with van der Waals surface area (Å²) in [6.45, 7) is 7.78. The van der Waals surface area contributed by atoms with Crippen molar-refractivity contribution >= 4 is 12.1 Å². The van der Waals surface area contributed by atoms with Gasteiger partial charge in [0.2, 0.25) is 0 Å². The van der Waals surface area contributed by atoms with E-state index in [9.17, 15) is 9.59 Å². The molecule has 1 aliphatic heterocycles. The highest BCUT2D eigenvalue weighted by Crippen LogP contribution is 2.22. The first-order chi connectivity index (χ1) is 13.2. The van der Waals surface area contributed by atoms with Crippen LogP contribution in [0.1, 0.15) is 51.4 Å². The van der Waals surface area contributed by atoms with E-state index in [1.807, 2.05) is 6.92 Å². The second-order valence-corrected chi connectivity index (χ2v) is 7.73. The van der Waals surface area contributed by atoms with Crippen molar-refractivity contribution in [3.63, 3.8) is 0 Å². The number of aryl methyl sites for hydroxylation is 1. The molecular weight excluding hydrogens is 364 g/mol. The van der Waals surface area contributed by atoms with Gasteiger partial charge in [0.15, 0.2) is 6.29 Å². The molecule has 2 heterocycles. The molecule has 1 amide bonds. The third kappa shape index (κ3) is 6.99. The monoisotopic (exact) mass is 394 g/mol. The summed E-state index contributed by atoms with van der Waals surface area (Å²) in [4.78, 5) is 28.6. The second-order valence-electron chi connectivity index (χ2n) is 7.73. The Balaban J connectivity index is 2.03. The first kappa shape index (κ1) is 21.9. The van der Waals surface area contributed by atoms with Crippen molar-refractivity contribution in [2.45, 2.75) is 71.3 Å². The number of alkyl carbamates (subject to hydrolysis) is 1. The van der Waals surface area contributed by atoms with Gasteiger partial charge in [0, 0.05) is 18.5 Å². The Hall–Kier alpha value is -2.35. The van der Waals surface area contributed by atoms with Gasteiger partial charge in [-0.25, -0.2) is 9.59 Å². The van der Waals surface area contributed by atoms with Crippen LogP contribution in [0.5, 0.6) is 5.75 Å². The number of nitrogens with zero attached hydrogens (tertiary/aromatic N) is 1. The third-order valence-corrected chi connectivity index (χ3v) is 4.08. The van der Waals surface area contributed by atoms with Crippen molar-refractivity contribution in [3.05, 3.63) is 23.5 Å². The average molecular weight is 394 g/mol. The van der Waals surface area contributed by atoms with Crippen LogP contribution >= 0.6 is 0 Å². The second kappa shape index (κ2) is 9.73. The number of hydrogen-bond acceptors (Lipinski definition) is 7. The Morgan fingerprint density at radius 1 is 1.32 bits per heavy atom. The van der Waals surface area contributed by atoms with Crippen LogP contribution in [0.2, 0.25) is 0 Å². The fourth-order valence-corrected chi connectivity index (χ4v) is 2.78. The standard InChI is InChI=1S/C20H30N2O6/c1-13-16(27-17-8-6-7-11-26-17)10-9-14(21-13)12-15(18(23)25-5)22-19(24)28-20(2,3)4/h9-10,15,17H,6-8,11-12H2,1-5H3,(H,22,24). The number of nitrogens with one attached hydrogen (secondary N) is 1. The normalized spacial score (nSPS) is 18.1. The third-order valence-electron chi connectivity index (χ3n) is 4.08. The molecule has 0 spiro atoms. The van der Waals surface area contributed by atoms with Crippen LogP contribution in [-0.2, 0) is 25.4 Å². The van der Waals surface area contributed by atoms with Crippen LogP contribution < -0.4 is 10.1 Å².